The Hall–Kier alpha value is -2.45. The Kier molecular flexibility index (Phi) is 4.31. The molecule has 1 saturated heterocycles. The first-order valence-electron chi connectivity index (χ1n) is 7.47. The molecule has 112 valence electrons. The Morgan fingerprint density at radius 2 is 2.00 bits per heavy atom. The van der Waals surface area contributed by atoms with Crippen LogP contribution < -0.4 is 4.90 Å². The molecule has 0 aliphatic carbocycles. The van der Waals surface area contributed by atoms with Gasteiger partial charge in [-0.05, 0) is 43.8 Å². The number of hydrogen-bond acceptors (Lipinski definition) is 5. The Morgan fingerprint density at radius 1 is 1.27 bits per heavy atom. The third-order valence-corrected chi connectivity index (χ3v) is 4.16. The predicted octanol–water partition coefficient (Wildman–Crippen LogP) is 2.06. The standard InChI is InChI=1S/C17H19N5/c1-21(13-17-19-8-2-9-20-17)16-7-10-22(12-16)15-5-3-14(11-18)4-6-15/h2-6,8-9,16H,7,10,12-13H2,1H3/t16-/m1/s1. The van der Waals surface area contributed by atoms with Gasteiger partial charge in [-0.1, -0.05) is 0 Å². The van der Waals surface area contributed by atoms with Crippen molar-refractivity contribution in [1.29, 1.82) is 5.26 Å². The maximum atomic E-state index is 8.87. The van der Waals surface area contributed by atoms with Crippen molar-refractivity contribution >= 4 is 5.69 Å². The van der Waals surface area contributed by atoms with E-state index in [9.17, 15) is 0 Å². The van der Waals surface area contributed by atoms with E-state index in [1.807, 2.05) is 30.3 Å². The predicted molar refractivity (Wildman–Crippen MR) is 85.3 cm³/mol. The van der Waals surface area contributed by atoms with Gasteiger partial charge in [-0.15, -0.1) is 0 Å². The lowest BCUT2D eigenvalue weighted by atomic mass is 10.2. The minimum Gasteiger partial charge on any atom is -0.370 e. The van der Waals surface area contributed by atoms with Crippen molar-refractivity contribution in [2.24, 2.45) is 0 Å². The van der Waals surface area contributed by atoms with Crippen LogP contribution in [0.5, 0.6) is 0 Å². The molecule has 1 atom stereocenters. The lowest BCUT2D eigenvalue weighted by molar-refractivity contribution is 0.244. The third kappa shape index (κ3) is 3.23. The topological polar surface area (TPSA) is 56.1 Å². The van der Waals surface area contributed by atoms with Crippen molar-refractivity contribution in [3.63, 3.8) is 0 Å². The number of anilines is 1. The van der Waals surface area contributed by atoms with Crippen molar-refractivity contribution < 1.29 is 0 Å². The average molecular weight is 293 g/mol. The molecule has 0 spiro atoms. The van der Waals surface area contributed by atoms with E-state index in [2.05, 4.69) is 32.9 Å². The van der Waals surface area contributed by atoms with Crippen molar-refractivity contribution in [1.82, 2.24) is 14.9 Å². The summed E-state index contributed by atoms with van der Waals surface area (Å²) in [4.78, 5) is 13.3. The molecule has 0 amide bonds. The van der Waals surface area contributed by atoms with Crippen LogP contribution in [0.2, 0.25) is 0 Å². The van der Waals surface area contributed by atoms with Crippen molar-refractivity contribution in [2.75, 3.05) is 25.0 Å². The zero-order valence-electron chi connectivity index (χ0n) is 12.7. The van der Waals surface area contributed by atoms with Crippen LogP contribution in [0.25, 0.3) is 0 Å². The summed E-state index contributed by atoms with van der Waals surface area (Å²) in [5.41, 5.74) is 1.89. The summed E-state index contributed by atoms with van der Waals surface area (Å²) in [7, 11) is 2.13. The summed E-state index contributed by atoms with van der Waals surface area (Å²) in [6, 6.07) is 12.3. The Bertz CT molecular complexity index is 647. The van der Waals surface area contributed by atoms with Crippen LogP contribution in [-0.2, 0) is 6.54 Å². The lowest BCUT2D eigenvalue weighted by Gasteiger charge is -2.24. The van der Waals surface area contributed by atoms with Crippen LogP contribution >= 0.6 is 0 Å². The van der Waals surface area contributed by atoms with Gasteiger partial charge < -0.3 is 4.90 Å². The molecular formula is C17H19N5. The molecule has 0 saturated carbocycles. The van der Waals surface area contributed by atoms with Gasteiger partial charge in [0.1, 0.15) is 5.82 Å². The highest BCUT2D eigenvalue weighted by Crippen LogP contribution is 2.23. The molecule has 3 rings (SSSR count). The minimum atomic E-state index is 0.499. The van der Waals surface area contributed by atoms with Gasteiger partial charge in [0.25, 0.3) is 0 Å². The minimum absolute atomic E-state index is 0.499. The van der Waals surface area contributed by atoms with E-state index in [0.29, 0.717) is 11.6 Å². The van der Waals surface area contributed by atoms with Gasteiger partial charge >= 0.3 is 0 Å². The third-order valence-electron chi connectivity index (χ3n) is 4.16. The molecule has 2 aromatic rings. The Balaban J connectivity index is 1.60. The van der Waals surface area contributed by atoms with Crippen molar-refractivity contribution in [2.45, 2.75) is 19.0 Å². The first-order valence-corrected chi connectivity index (χ1v) is 7.47. The van der Waals surface area contributed by atoms with Gasteiger partial charge in [0.2, 0.25) is 0 Å². The quantitative estimate of drug-likeness (QED) is 0.863. The first-order chi connectivity index (χ1) is 10.8. The molecule has 1 aromatic heterocycles. The second-order valence-electron chi connectivity index (χ2n) is 5.63. The molecule has 1 aliphatic rings. The maximum Gasteiger partial charge on any atom is 0.142 e. The van der Waals surface area contributed by atoms with Crippen molar-refractivity contribution in [3.8, 4) is 6.07 Å². The van der Waals surface area contributed by atoms with Gasteiger partial charge in [0, 0.05) is 37.2 Å². The van der Waals surface area contributed by atoms with E-state index in [0.717, 1.165) is 31.9 Å². The van der Waals surface area contributed by atoms with Gasteiger partial charge in [-0.3, -0.25) is 4.90 Å². The fourth-order valence-corrected chi connectivity index (χ4v) is 2.85. The average Bonchev–Trinajstić information content (AvgIpc) is 3.06. The number of hydrogen-bond donors (Lipinski definition) is 0. The second-order valence-corrected chi connectivity index (χ2v) is 5.63. The largest absolute Gasteiger partial charge is 0.370 e. The highest BCUT2D eigenvalue weighted by atomic mass is 15.2. The smallest absolute Gasteiger partial charge is 0.142 e. The molecule has 0 unspecified atom stereocenters. The molecule has 5 heteroatoms. The maximum absolute atomic E-state index is 8.87. The SMILES string of the molecule is CN(Cc1ncccn1)[C@@H]1CCN(c2ccc(C#N)cc2)C1. The van der Waals surface area contributed by atoms with Crippen LogP contribution in [0.1, 0.15) is 17.8 Å². The van der Waals surface area contributed by atoms with Crippen LogP contribution in [0.3, 0.4) is 0 Å². The first kappa shape index (κ1) is 14.5. The summed E-state index contributed by atoms with van der Waals surface area (Å²) >= 11 is 0. The van der Waals surface area contributed by atoms with E-state index in [4.69, 9.17) is 5.26 Å². The van der Waals surface area contributed by atoms with E-state index in [1.54, 1.807) is 12.4 Å². The Morgan fingerprint density at radius 3 is 2.68 bits per heavy atom. The van der Waals surface area contributed by atoms with E-state index in [1.165, 1.54) is 5.69 Å². The Labute approximate surface area is 130 Å². The number of aromatic nitrogens is 2. The van der Waals surface area contributed by atoms with Gasteiger partial charge in [0.15, 0.2) is 0 Å². The fraction of sp³-hybridized carbons (Fsp3) is 0.353. The molecule has 0 radical (unpaired) electrons. The van der Waals surface area contributed by atoms with Gasteiger partial charge in [-0.25, -0.2) is 9.97 Å². The molecule has 2 heterocycles. The van der Waals surface area contributed by atoms with Crippen LogP contribution in [0.4, 0.5) is 5.69 Å². The monoisotopic (exact) mass is 293 g/mol. The zero-order valence-corrected chi connectivity index (χ0v) is 12.7. The van der Waals surface area contributed by atoms with Gasteiger partial charge in [0.05, 0.1) is 18.2 Å². The van der Waals surface area contributed by atoms with Gasteiger partial charge in [-0.2, -0.15) is 5.26 Å². The summed E-state index contributed by atoms with van der Waals surface area (Å²) in [6.07, 6.45) is 4.70. The molecule has 22 heavy (non-hydrogen) atoms. The number of nitriles is 1. The van der Waals surface area contributed by atoms with E-state index in [-0.39, 0.29) is 0 Å². The van der Waals surface area contributed by atoms with E-state index >= 15 is 0 Å². The number of likely N-dealkylation sites (N-methyl/N-ethyl adjacent to an activating group) is 1. The fourth-order valence-electron chi connectivity index (χ4n) is 2.85. The molecule has 1 aromatic carbocycles. The molecule has 1 fully saturated rings. The van der Waals surface area contributed by atoms with Crippen molar-refractivity contribution in [3.05, 3.63) is 54.1 Å². The molecule has 1 aliphatic heterocycles. The summed E-state index contributed by atoms with van der Waals surface area (Å²) in [5, 5.41) is 8.87. The lowest BCUT2D eigenvalue weighted by Crippen LogP contribution is -2.34. The zero-order chi connectivity index (χ0) is 15.4. The summed E-state index contributed by atoms with van der Waals surface area (Å²) in [6.45, 7) is 2.80. The molecule has 5 nitrogen and oxygen atoms in total. The van der Waals surface area contributed by atoms with E-state index < -0.39 is 0 Å². The van der Waals surface area contributed by atoms with Crippen LogP contribution in [0.15, 0.2) is 42.7 Å². The normalized spacial score (nSPS) is 17.7. The number of nitrogens with zero attached hydrogens (tertiary/aromatic N) is 5. The van der Waals surface area contributed by atoms with Crippen LogP contribution in [0, 0.1) is 11.3 Å². The molecular weight excluding hydrogens is 274 g/mol. The van der Waals surface area contributed by atoms with Crippen LogP contribution in [-0.4, -0.2) is 41.0 Å². The number of rotatable bonds is 4. The molecule has 0 N–H and O–H groups in total. The highest BCUT2D eigenvalue weighted by molar-refractivity contribution is 5.50. The number of benzene rings is 1. The summed E-state index contributed by atoms with van der Waals surface area (Å²) in [5.74, 6) is 0.863. The highest BCUT2D eigenvalue weighted by Gasteiger charge is 2.26. The summed E-state index contributed by atoms with van der Waals surface area (Å²) < 4.78 is 0. The molecule has 0 bridgehead atoms. The second kappa shape index (κ2) is 6.54.